The van der Waals surface area contributed by atoms with Gasteiger partial charge in [0.25, 0.3) is 0 Å². The van der Waals surface area contributed by atoms with Crippen molar-refractivity contribution >= 4 is 5.97 Å². The van der Waals surface area contributed by atoms with Crippen LogP contribution < -0.4 is 5.32 Å². The molecular formula is C20H27NO6. The van der Waals surface area contributed by atoms with Crippen LogP contribution in [0.2, 0.25) is 0 Å². The standard InChI is InChI=1S/C13H21NO3.C7H6O3/c1-13(2,3)14-7-12(17)9-4-5-11(16)10(6-9)8-15;8-6-4-2-1-3-5(6)7(9)10/h4-6,12,14-17H,7-8H2,1-3H3;1-4,8H,(H,9,10)/t12-;/m0./s1. The van der Waals surface area contributed by atoms with E-state index in [0.717, 1.165) is 0 Å². The SMILES string of the molecule is CC(C)(C)NC[C@H](O)c1ccc(O)c(CO)c1.O=C(O)c1ccccc1O. The van der Waals surface area contributed by atoms with Crippen molar-refractivity contribution in [2.45, 2.75) is 39.0 Å². The maximum atomic E-state index is 10.3. The minimum absolute atomic E-state index is 0.0484. The lowest BCUT2D eigenvalue weighted by atomic mass is 10.0. The van der Waals surface area contributed by atoms with E-state index in [2.05, 4.69) is 5.32 Å². The first-order valence-corrected chi connectivity index (χ1v) is 8.42. The molecule has 0 aliphatic rings. The number of hydrogen-bond acceptors (Lipinski definition) is 6. The Bertz CT molecular complexity index is 754. The third kappa shape index (κ3) is 7.65. The molecule has 0 spiro atoms. The Kier molecular flexibility index (Phi) is 8.24. The Hall–Kier alpha value is -2.61. The molecule has 1 atom stereocenters. The summed E-state index contributed by atoms with van der Waals surface area (Å²) < 4.78 is 0. The second kappa shape index (κ2) is 9.91. The van der Waals surface area contributed by atoms with Crippen LogP contribution in [0.3, 0.4) is 0 Å². The van der Waals surface area contributed by atoms with Crippen LogP contribution in [-0.4, -0.2) is 43.6 Å². The summed E-state index contributed by atoms with van der Waals surface area (Å²) in [7, 11) is 0. The van der Waals surface area contributed by atoms with Gasteiger partial charge in [0, 0.05) is 17.6 Å². The molecule has 0 saturated carbocycles. The Morgan fingerprint density at radius 2 is 1.70 bits per heavy atom. The predicted octanol–water partition coefficient (Wildman–Crippen LogP) is 2.40. The van der Waals surface area contributed by atoms with Crippen LogP contribution in [0.1, 0.15) is 48.4 Å². The molecule has 0 radical (unpaired) electrons. The minimum atomic E-state index is -1.11. The third-order valence-corrected chi connectivity index (χ3v) is 3.62. The van der Waals surface area contributed by atoms with Gasteiger partial charge in [-0.25, -0.2) is 4.79 Å². The van der Waals surface area contributed by atoms with Gasteiger partial charge in [-0.05, 0) is 50.6 Å². The quantitative estimate of drug-likeness (QED) is 0.472. The summed E-state index contributed by atoms with van der Waals surface area (Å²) in [5.74, 6) is -1.26. The second-order valence-corrected chi connectivity index (χ2v) is 7.02. The number of aliphatic hydroxyl groups excluding tert-OH is 2. The number of β-amino-alcohol motifs (C(OH)–C–C–N with tert-alkyl or cyclic N) is 1. The van der Waals surface area contributed by atoms with E-state index in [9.17, 15) is 15.0 Å². The summed E-state index contributed by atoms with van der Waals surface area (Å²) in [4.78, 5) is 10.3. The Morgan fingerprint density at radius 3 is 2.19 bits per heavy atom. The molecule has 0 amide bonds. The molecule has 0 unspecified atom stereocenters. The van der Waals surface area contributed by atoms with Crippen LogP contribution in [0, 0.1) is 0 Å². The van der Waals surface area contributed by atoms with Crippen molar-refractivity contribution in [2.24, 2.45) is 0 Å². The second-order valence-electron chi connectivity index (χ2n) is 7.02. The molecule has 0 heterocycles. The molecule has 0 saturated heterocycles. The average molecular weight is 377 g/mol. The smallest absolute Gasteiger partial charge is 0.339 e. The van der Waals surface area contributed by atoms with E-state index >= 15 is 0 Å². The molecule has 2 rings (SSSR count). The van der Waals surface area contributed by atoms with Crippen molar-refractivity contribution < 1.29 is 30.3 Å². The van der Waals surface area contributed by atoms with Crippen LogP contribution in [0.15, 0.2) is 42.5 Å². The zero-order valence-corrected chi connectivity index (χ0v) is 15.7. The molecule has 6 N–H and O–H groups in total. The summed E-state index contributed by atoms with van der Waals surface area (Å²) >= 11 is 0. The molecule has 27 heavy (non-hydrogen) atoms. The van der Waals surface area contributed by atoms with Crippen molar-refractivity contribution in [1.29, 1.82) is 0 Å². The molecule has 7 heteroatoms. The first-order valence-electron chi connectivity index (χ1n) is 8.42. The molecule has 0 aliphatic carbocycles. The topological polar surface area (TPSA) is 130 Å². The zero-order valence-electron chi connectivity index (χ0n) is 15.7. The number of aromatic hydroxyl groups is 2. The van der Waals surface area contributed by atoms with Gasteiger partial charge in [-0.2, -0.15) is 0 Å². The molecule has 0 bridgehead atoms. The van der Waals surface area contributed by atoms with Crippen molar-refractivity contribution in [3.8, 4) is 11.5 Å². The molecule has 148 valence electrons. The summed E-state index contributed by atoms with van der Waals surface area (Å²) in [6.07, 6.45) is -0.653. The van der Waals surface area contributed by atoms with Crippen molar-refractivity contribution in [2.75, 3.05) is 6.54 Å². The first kappa shape index (κ1) is 22.4. The van der Waals surface area contributed by atoms with Gasteiger partial charge < -0.3 is 30.8 Å². The number of carbonyl (C=O) groups is 1. The predicted molar refractivity (Wildman–Crippen MR) is 102 cm³/mol. The lowest BCUT2D eigenvalue weighted by molar-refractivity contribution is 0.0693. The highest BCUT2D eigenvalue weighted by Gasteiger charge is 2.14. The molecule has 0 aliphatic heterocycles. The van der Waals surface area contributed by atoms with Crippen molar-refractivity contribution in [3.05, 3.63) is 59.2 Å². The number of rotatable bonds is 5. The van der Waals surface area contributed by atoms with E-state index < -0.39 is 12.1 Å². The fourth-order valence-electron chi connectivity index (χ4n) is 2.11. The highest BCUT2D eigenvalue weighted by Crippen LogP contribution is 2.22. The van der Waals surface area contributed by atoms with E-state index in [4.69, 9.17) is 15.3 Å². The summed E-state index contributed by atoms with van der Waals surface area (Å²) in [5, 5.41) is 48.9. The number of phenols is 2. The molecular weight excluding hydrogens is 350 g/mol. The van der Waals surface area contributed by atoms with Gasteiger partial charge >= 0.3 is 5.97 Å². The molecule has 7 nitrogen and oxygen atoms in total. The number of aromatic carboxylic acids is 1. The van der Waals surface area contributed by atoms with Gasteiger partial charge in [-0.3, -0.25) is 0 Å². The fourth-order valence-corrected chi connectivity index (χ4v) is 2.11. The number of benzene rings is 2. The van der Waals surface area contributed by atoms with Crippen LogP contribution in [-0.2, 0) is 6.61 Å². The number of para-hydroxylation sites is 1. The van der Waals surface area contributed by atoms with Crippen molar-refractivity contribution in [1.82, 2.24) is 5.32 Å². The number of nitrogens with one attached hydrogen (secondary N) is 1. The van der Waals surface area contributed by atoms with E-state index in [0.29, 0.717) is 17.7 Å². The van der Waals surface area contributed by atoms with Crippen LogP contribution >= 0.6 is 0 Å². The minimum Gasteiger partial charge on any atom is -0.508 e. The maximum absolute atomic E-state index is 10.3. The lowest BCUT2D eigenvalue weighted by Crippen LogP contribution is -2.38. The zero-order chi connectivity index (χ0) is 20.6. The third-order valence-electron chi connectivity index (χ3n) is 3.62. The van der Waals surface area contributed by atoms with Crippen molar-refractivity contribution in [3.63, 3.8) is 0 Å². The Morgan fingerprint density at radius 1 is 1.07 bits per heavy atom. The fraction of sp³-hybridized carbons (Fsp3) is 0.350. The highest BCUT2D eigenvalue weighted by molar-refractivity contribution is 5.90. The van der Waals surface area contributed by atoms with Gasteiger partial charge in [-0.15, -0.1) is 0 Å². The van der Waals surface area contributed by atoms with E-state index in [1.807, 2.05) is 20.8 Å². The maximum Gasteiger partial charge on any atom is 0.339 e. The van der Waals surface area contributed by atoms with Crippen LogP contribution in [0.4, 0.5) is 0 Å². The average Bonchev–Trinajstić information content (AvgIpc) is 2.60. The van der Waals surface area contributed by atoms with Gasteiger partial charge in [0.15, 0.2) is 0 Å². The highest BCUT2D eigenvalue weighted by atomic mass is 16.4. The summed E-state index contributed by atoms with van der Waals surface area (Å²) in [6.45, 7) is 6.26. The summed E-state index contributed by atoms with van der Waals surface area (Å²) in [5.41, 5.74) is 0.987. The van der Waals surface area contributed by atoms with Crippen LogP contribution in [0.5, 0.6) is 11.5 Å². The number of aliphatic hydroxyl groups is 2. The lowest BCUT2D eigenvalue weighted by Gasteiger charge is -2.23. The van der Waals surface area contributed by atoms with E-state index in [1.165, 1.54) is 18.2 Å². The molecule has 2 aromatic rings. The molecule has 0 aromatic heterocycles. The molecule has 2 aromatic carbocycles. The van der Waals surface area contributed by atoms with E-state index in [-0.39, 0.29) is 29.2 Å². The van der Waals surface area contributed by atoms with Gasteiger partial charge in [0.05, 0.1) is 12.7 Å². The Balaban J connectivity index is 0.000000309. The number of carboxylic acid groups (broad SMARTS) is 1. The van der Waals surface area contributed by atoms with Gasteiger partial charge in [0.2, 0.25) is 0 Å². The van der Waals surface area contributed by atoms with Gasteiger partial charge in [-0.1, -0.05) is 18.2 Å². The largest absolute Gasteiger partial charge is 0.508 e. The number of hydrogen-bond donors (Lipinski definition) is 6. The monoisotopic (exact) mass is 377 g/mol. The van der Waals surface area contributed by atoms with Gasteiger partial charge in [0.1, 0.15) is 17.1 Å². The summed E-state index contributed by atoms with van der Waals surface area (Å²) in [6, 6.07) is 10.6. The van der Waals surface area contributed by atoms with Crippen LogP contribution in [0.25, 0.3) is 0 Å². The number of carboxylic acids is 1. The first-order chi connectivity index (χ1) is 12.5. The molecule has 0 fully saturated rings. The normalized spacial score (nSPS) is 12.0. The Labute approximate surface area is 158 Å². The van der Waals surface area contributed by atoms with E-state index in [1.54, 1.807) is 24.3 Å².